The van der Waals surface area contributed by atoms with E-state index in [4.69, 9.17) is 0 Å². The van der Waals surface area contributed by atoms with Gasteiger partial charge in [-0.25, -0.2) is 0 Å². The summed E-state index contributed by atoms with van der Waals surface area (Å²) >= 11 is 0. The van der Waals surface area contributed by atoms with Crippen LogP contribution in [-0.4, -0.2) is 4.98 Å². The third-order valence-corrected chi connectivity index (χ3v) is 3.04. The van der Waals surface area contributed by atoms with Crippen molar-refractivity contribution in [2.75, 3.05) is 0 Å². The molecule has 1 aromatic heterocycles. The van der Waals surface area contributed by atoms with Crippen LogP contribution in [0.1, 0.15) is 56.9 Å². The average Bonchev–Trinajstić information content (AvgIpc) is 2.17. The lowest BCUT2D eigenvalue weighted by Gasteiger charge is -2.21. The molecule has 0 radical (unpaired) electrons. The smallest absolute Gasteiger partial charge is 0.0661 e. The molecule has 0 saturated heterocycles. The molecular formula is C15H21N. The lowest BCUT2D eigenvalue weighted by molar-refractivity contribution is 0.410. The fourth-order valence-electron chi connectivity index (χ4n) is 2.29. The van der Waals surface area contributed by atoms with Gasteiger partial charge in [-0.05, 0) is 41.4 Å². The number of aromatic nitrogens is 1. The normalized spacial score (nSPS) is 19.6. The van der Waals surface area contributed by atoms with Crippen LogP contribution in [0.4, 0.5) is 0 Å². The van der Waals surface area contributed by atoms with Crippen molar-refractivity contribution in [3.63, 3.8) is 0 Å². The molecule has 1 aromatic rings. The summed E-state index contributed by atoms with van der Waals surface area (Å²) in [6, 6.07) is 2.35. The monoisotopic (exact) mass is 215 g/mol. The molecule has 0 bridgehead atoms. The topological polar surface area (TPSA) is 12.9 Å². The van der Waals surface area contributed by atoms with E-state index in [1.165, 1.54) is 11.1 Å². The number of allylic oxidation sites excluding steroid dienone is 1. The minimum absolute atomic E-state index is 0.337. The standard InChI is InChI=1S/C15H21N/c1-11-6-5-7-14-13(11)8-12(10-16-14)9-15(2,3)4/h5,7-8,10-11H,6,9H2,1-4H3. The van der Waals surface area contributed by atoms with E-state index in [-0.39, 0.29) is 0 Å². The first kappa shape index (κ1) is 11.4. The summed E-state index contributed by atoms with van der Waals surface area (Å²) in [6.45, 7) is 9.10. The van der Waals surface area contributed by atoms with Gasteiger partial charge in [0.25, 0.3) is 0 Å². The number of hydrogen-bond acceptors (Lipinski definition) is 1. The summed E-state index contributed by atoms with van der Waals surface area (Å²) < 4.78 is 0. The molecule has 1 heterocycles. The molecule has 0 N–H and O–H groups in total. The number of hydrogen-bond donors (Lipinski definition) is 0. The van der Waals surface area contributed by atoms with Gasteiger partial charge in [-0.3, -0.25) is 4.98 Å². The highest BCUT2D eigenvalue weighted by Crippen LogP contribution is 2.30. The van der Waals surface area contributed by atoms with E-state index < -0.39 is 0 Å². The molecule has 0 amide bonds. The lowest BCUT2D eigenvalue weighted by atomic mass is 9.85. The first-order chi connectivity index (χ1) is 7.46. The molecule has 0 spiro atoms. The molecule has 1 unspecified atom stereocenters. The molecule has 16 heavy (non-hydrogen) atoms. The van der Waals surface area contributed by atoms with Gasteiger partial charge in [0.15, 0.2) is 0 Å². The molecule has 0 saturated carbocycles. The van der Waals surface area contributed by atoms with Crippen molar-refractivity contribution in [3.05, 3.63) is 35.2 Å². The van der Waals surface area contributed by atoms with Crippen molar-refractivity contribution >= 4 is 6.08 Å². The van der Waals surface area contributed by atoms with E-state index >= 15 is 0 Å². The molecule has 2 rings (SSSR count). The average molecular weight is 215 g/mol. The van der Waals surface area contributed by atoms with Gasteiger partial charge in [-0.2, -0.15) is 0 Å². The molecule has 1 aliphatic rings. The van der Waals surface area contributed by atoms with Crippen molar-refractivity contribution in [1.29, 1.82) is 0 Å². The minimum atomic E-state index is 0.337. The fraction of sp³-hybridized carbons (Fsp3) is 0.533. The van der Waals surface area contributed by atoms with Crippen molar-refractivity contribution < 1.29 is 0 Å². The zero-order valence-corrected chi connectivity index (χ0v) is 10.7. The van der Waals surface area contributed by atoms with Gasteiger partial charge < -0.3 is 0 Å². The fourth-order valence-corrected chi connectivity index (χ4v) is 2.29. The van der Waals surface area contributed by atoms with Crippen LogP contribution in [0.2, 0.25) is 0 Å². The molecule has 0 aromatic carbocycles. The van der Waals surface area contributed by atoms with Gasteiger partial charge in [-0.1, -0.05) is 39.8 Å². The summed E-state index contributed by atoms with van der Waals surface area (Å²) in [7, 11) is 0. The highest BCUT2D eigenvalue weighted by atomic mass is 14.7. The van der Waals surface area contributed by atoms with Crippen LogP contribution in [0, 0.1) is 5.41 Å². The van der Waals surface area contributed by atoms with E-state index in [1.54, 1.807) is 0 Å². The quantitative estimate of drug-likeness (QED) is 0.684. The van der Waals surface area contributed by atoms with Gasteiger partial charge in [0.2, 0.25) is 0 Å². The van der Waals surface area contributed by atoms with Crippen molar-refractivity contribution in [2.45, 2.75) is 46.5 Å². The molecule has 0 fully saturated rings. The molecule has 1 aliphatic carbocycles. The second-order valence-electron chi connectivity index (χ2n) is 6.09. The van der Waals surface area contributed by atoms with E-state index in [0.717, 1.165) is 18.5 Å². The Labute approximate surface area is 98.6 Å². The van der Waals surface area contributed by atoms with E-state index in [0.29, 0.717) is 11.3 Å². The Morgan fingerprint density at radius 2 is 2.12 bits per heavy atom. The maximum atomic E-state index is 4.57. The Bertz CT molecular complexity index is 410. The largest absolute Gasteiger partial charge is 0.256 e. The summed E-state index contributed by atoms with van der Waals surface area (Å²) in [5, 5.41) is 0. The maximum Gasteiger partial charge on any atom is 0.0661 e. The summed E-state index contributed by atoms with van der Waals surface area (Å²) in [5.74, 6) is 0.618. The molecular weight excluding hydrogens is 194 g/mol. The number of pyridine rings is 1. The predicted octanol–water partition coefficient (Wildman–Crippen LogP) is 4.19. The molecule has 86 valence electrons. The summed E-state index contributed by atoms with van der Waals surface area (Å²) in [6.07, 6.45) is 8.66. The summed E-state index contributed by atoms with van der Waals surface area (Å²) in [5.41, 5.74) is 4.29. The molecule has 0 aliphatic heterocycles. The SMILES string of the molecule is CC1CC=Cc2ncc(CC(C)(C)C)cc21. The number of fused-ring (bicyclic) bond motifs is 1. The lowest BCUT2D eigenvalue weighted by Crippen LogP contribution is -2.11. The van der Waals surface area contributed by atoms with Gasteiger partial charge in [0.05, 0.1) is 5.69 Å². The minimum Gasteiger partial charge on any atom is -0.256 e. The second-order valence-corrected chi connectivity index (χ2v) is 6.09. The predicted molar refractivity (Wildman–Crippen MR) is 69.5 cm³/mol. The van der Waals surface area contributed by atoms with Crippen LogP contribution >= 0.6 is 0 Å². The van der Waals surface area contributed by atoms with Gasteiger partial charge >= 0.3 is 0 Å². The van der Waals surface area contributed by atoms with Crippen LogP contribution in [0.25, 0.3) is 6.08 Å². The molecule has 1 heteroatoms. The Hall–Kier alpha value is -1.11. The van der Waals surface area contributed by atoms with Crippen LogP contribution in [-0.2, 0) is 6.42 Å². The first-order valence-electron chi connectivity index (χ1n) is 6.11. The second kappa shape index (κ2) is 4.04. The highest BCUT2D eigenvalue weighted by molar-refractivity contribution is 5.54. The van der Waals surface area contributed by atoms with Crippen molar-refractivity contribution in [2.24, 2.45) is 5.41 Å². The number of nitrogens with zero attached hydrogens (tertiary/aromatic N) is 1. The zero-order valence-electron chi connectivity index (χ0n) is 10.7. The molecule has 1 atom stereocenters. The Balaban J connectivity index is 2.31. The molecule has 1 nitrogen and oxygen atoms in total. The van der Waals surface area contributed by atoms with E-state index in [2.05, 4.69) is 50.9 Å². The third-order valence-electron chi connectivity index (χ3n) is 3.04. The van der Waals surface area contributed by atoms with E-state index in [1.807, 2.05) is 6.20 Å². The first-order valence-corrected chi connectivity index (χ1v) is 6.11. The van der Waals surface area contributed by atoms with E-state index in [9.17, 15) is 0 Å². The van der Waals surface area contributed by atoms with Gasteiger partial charge in [0.1, 0.15) is 0 Å². The highest BCUT2D eigenvalue weighted by Gasteiger charge is 2.16. The number of rotatable bonds is 1. The van der Waals surface area contributed by atoms with Crippen LogP contribution in [0.15, 0.2) is 18.3 Å². The van der Waals surface area contributed by atoms with Gasteiger partial charge in [-0.15, -0.1) is 0 Å². The summed E-state index contributed by atoms with van der Waals surface area (Å²) in [4.78, 5) is 4.57. The van der Waals surface area contributed by atoms with Crippen molar-refractivity contribution in [3.8, 4) is 0 Å². The maximum absolute atomic E-state index is 4.57. The van der Waals surface area contributed by atoms with Gasteiger partial charge in [0, 0.05) is 6.20 Å². The van der Waals surface area contributed by atoms with Crippen LogP contribution in [0.5, 0.6) is 0 Å². The Kier molecular flexibility index (Phi) is 2.88. The Morgan fingerprint density at radius 3 is 2.81 bits per heavy atom. The Morgan fingerprint density at radius 1 is 1.38 bits per heavy atom. The zero-order chi connectivity index (χ0) is 11.8. The van der Waals surface area contributed by atoms with Crippen molar-refractivity contribution in [1.82, 2.24) is 4.98 Å². The van der Waals surface area contributed by atoms with Crippen LogP contribution in [0.3, 0.4) is 0 Å². The van der Waals surface area contributed by atoms with Crippen LogP contribution < -0.4 is 0 Å². The third kappa shape index (κ3) is 2.52.